The van der Waals surface area contributed by atoms with Crippen molar-refractivity contribution in [3.63, 3.8) is 0 Å². The zero-order chi connectivity index (χ0) is 21.7. The lowest BCUT2D eigenvalue weighted by atomic mass is 9.96. The number of aryl methyl sites for hydroxylation is 3. The second kappa shape index (κ2) is 9.33. The van der Waals surface area contributed by atoms with Gasteiger partial charge in [0.05, 0.1) is 24.2 Å². The van der Waals surface area contributed by atoms with E-state index in [-0.39, 0.29) is 5.91 Å². The maximum absolute atomic E-state index is 12.3. The molecule has 5 heteroatoms. The Balaban J connectivity index is 1.61. The number of aromatic nitrogens is 2. The summed E-state index contributed by atoms with van der Waals surface area (Å²) in [4.78, 5) is 17.0. The van der Waals surface area contributed by atoms with E-state index in [0.717, 1.165) is 42.0 Å². The minimum absolute atomic E-state index is 0.0305. The molecule has 0 saturated heterocycles. The molecule has 1 amide bonds. The number of imidazole rings is 1. The van der Waals surface area contributed by atoms with Crippen LogP contribution in [0.25, 0.3) is 11.0 Å². The fourth-order valence-corrected chi connectivity index (χ4v) is 3.51. The zero-order valence-electron chi connectivity index (χ0n) is 18.8. The highest BCUT2D eigenvalue weighted by molar-refractivity contribution is 5.81. The first-order valence-corrected chi connectivity index (χ1v) is 10.7. The Bertz CT molecular complexity index is 995. The van der Waals surface area contributed by atoms with Crippen molar-refractivity contribution in [3.8, 4) is 5.75 Å². The molecule has 2 aromatic carbocycles. The van der Waals surface area contributed by atoms with Crippen LogP contribution in [0.15, 0.2) is 42.5 Å². The molecule has 1 N–H and O–H groups in total. The lowest BCUT2D eigenvalue weighted by Gasteiger charge is -2.18. The summed E-state index contributed by atoms with van der Waals surface area (Å²) >= 11 is 0. The number of nitrogens with zero attached hydrogens (tertiary/aromatic N) is 2. The quantitative estimate of drug-likeness (QED) is 0.524. The molecular formula is C25H33N3O2. The molecule has 0 saturated carbocycles. The highest BCUT2D eigenvalue weighted by Gasteiger charge is 2.21. The van der Waals surface area contributed by atoms with Crippen molar-refractivity contribution in [1.82, 2.24) is 14.9 Å². The van der Waals surface area contributed by atoms with Crippen molar-refractivity contribution >= 4 is 16.9 Å². The van der Waals surface area contributed by atoms with Crippen LogP contribution >= 0.6 is 0 Å². The molecule has 30 heavy (non-hydrogen) atoms. The van der Waals surface area contributed by atoms with Crippen LogP contribution in [0.4, 0.5) is 0 Å². The first-order chi connectivity index (χ1) is 14.2. The van der Waals surface area contributed by atoms with Gasteiger partial charge >= 0.3 is 0 Å². The van der Waals surface area contributed by atoms with Crippen LogP contribution in [0, 0.1) is 19.3 Å². The van der Waals surface area contributed by atoms with Gasteiger partial charge < -0.3 is 14.6 Å². The third kappa shape index (κ3) is 5.62. The first-order valence-electron chi connectivity index (χ1n) is 10.7. The van der Waals surface area contributed by atoms with Crippen LogP contribution in [0.1, 0.15) is 50.6 Å². The van der Waals surface area contributed by atoms with Gasteiger partial charge in [-0.2, -0.15) is 0 Å². The van der Waals surface area contributed by atoms with Crippen molar-refractivity contribution < 1.29 is 9.53 Å². The molecular weight excluding hydrogens is 374 g/mol. The summed E-state index contributed by atoms with van der Waals surface area (Å²) in [5, 5.41) is 3.03. The van der Waals surface area contributed by atoms with Gasteiger partial charge in [-0.1, -0.05) is 39.0 Å². The van der Waals surface area contributed by atoms with E-state index in [4.69, 9.17) is 9.72 Å². The largest absolute Gasteiger partial charge is 0.494 e. The maximum atomic E-state index is 12.3. The standard InChI is InChI=1S/C25H33N3O2/c1-18-14-19(2)16-20(15-18)30-13-9-8-12-28-22-11-7-6-10-21(22)27-23(28)17-26-24(29)25(3,4)5/h6-7,10-11,14-16H,8-9,12-13,17H2,1-5H3,(H,26,29). The number of hydrogen-bond acceptors (Lipinski definition) is 3. The second-order valence-corrected chi connectivity index (χ2v) is 8.98. The average molecular weight is 408 g/mol. The van der Waals surface area contributed by atoms with Gasteiger partial charge in [0.15, 0.2) is 0 Å². The van der Waals surface area contributed by atoms with Crippen LogP contribution in [0.2, 0.25) is 0 Å². The third-order valence-electron chi connectivity index (χ3n) is 5.06. The molecule has 0 aliphatic heterocycles. The van der Waals surface area contributed by atoms with E-state index < -0.39 is 5.41 Å². The number of hydrogen-bond donors (Lipinski definition) is 1. The molecule has 0 radical (unpaired) electrons. The van der Waals surface area contributed by atoms with Gasteiger partial charge in [0.2, 0.25) is 5.91 Å². The Labute approximate surface area is 179 Å². The summed E-state index contributed by atoms with van der Waals surface area (Å²) in [5.74, 6) is 1.86. The summed E-state index contributed by atoms with van der Waals surface area (Å²) in [7, 11) is 0. The van der Waals surface area contributed by atoms with Crippen molar-refractivity contribution in [3.05, 3.63) is 59.4 Å². The number of para-hydroxylation sites is 2. The van der Waals surface area contributed by atoms with Gasteiger partial charge in [-0.3, -0.25) is 4.79 Å². The Hall–Kier alpha value is -2.82. The number of unbranched alkanes of at least 4 members (excludes halogenated alkanes) is 1. The molecule has 0 unspecified atom stereocenters. The topological polar surface area (TPSA) is 56.1 Å². The lowest BCUT2D eigenvalue weighted by Crippen LogP contribution is -2.35. The number of amides is 1. The van der Waals surface area contributed by atoms with Gasteiger partial charge in [-0.15, -0.1) is 0 Å². The van der Waals surface area contributed by atoms with Crippen molar-refractivity contribution in [1.29, 1.82) is 0 Å². The Morgan fingerprint density at radius 3 is 2.47 bits per heavy atom. The fraction of sp³-hybridized carbons (Fsp3) is 0.440. The molecule has 160 valence electrons. The lowest BCUT2D eigenvalue weighted by molar-refractivity contribution is -0.128. The van der Waals surface area contributed by atoms with E-state index >= 15 is 0 Å². The molecule has 0 spiro atoms. The predicted octanol–water partition coefficient (Wildman–Crippen LogP) is 5.17. The molecule has 5 nitrogen and oxygen atoms in total. The van der Waals surface area contributed by atoms with Gasteiger partial charge in [-0.05, 0) is 62.1 Å². The monoisotopic (exact) mass is 407 g/mol. The van der Waals surface area contributed by atoms with Crippen molar-refractivity contribution in [2.24, 2.45) is 5.41 Å². The molecule has 0 aliphatic carbocycles. The molecule has 1 aromatic heterocycles. The number of benzene rings is 2. The summed E-state index contributed by atoms with van der Waals surface area (Å²) in [5.41, 5.74) is 4.09. The van der Waals surface area contributed by atoms with E-state index in [1.807, 2.05) is 39.0 Å². The normalized spacial score (nSPS) is 11.6. The van der Waals surface area contributed by atoms with E-state index in [9.17, 15) is 4.79 Å². The molecule has 0 fully saturated rings. The van der Waals surface area contributed by atoms with Crippen LogP contribution in [-0.2, 0) is 17.9 Å². The first kappa shape index (κ1) is 21.9. The predicted molar refractivity (Wildman–Crippen MR) is 122 cm³/mol. The minimum atomic E-state index is -0.414. The van der Waals surface area contributed by atoms with E-state index in [0.29, 0.717) is 13.2 Å². The zero-order valence-corrected chi connectivity index (χ0v) is 18.8. The van der Waals surface area contributed by atoms with Crippen LogP contribution in [0.3, 0.4) is 0 Å². The Kier molecular flexibility index (Phi) is 6.80. The van der Waals surface area contributed by atoms with Crippen molar-refractivity contribution in [2.75, 3.05) is 6.61 Å². The molecule has 1 heterocycles. The van der Waals surface area contributed by atoms with Gasteiger partial charge in [0.25, 0.3) is 0 Å². The fourth-order valence-electron chi connectivity index (χ4n) is 3.51. The highest BCUT2D eigenvalue weighted by atomic mass is 16.5. The summed E-state index contributed by atoms with van der Waals surface area (Å²) in [6.45, 7) is 11.9. The molecule has 3 rings (SSSR count). The van der Waals surface area contributed by atoms with E-state index in [2.05, 4.69) is 48.0 Å². The molecule has 3 aromatic rings. The van der Waals surface area contributed by atoms with Crippen LogP contribution in [0.5, 0.6) is 5.75 Å². The Morgan fingerprint density at radius 2 is 1.77 bits per heavy atom. The number of nitrogens with one attached hydrogen (secondary N) is 1. The van der Waals surface area contributed by atoms with E-state index in [1.54, 1.807) is 0 Å². The third-order valence-corrected chi connectivity index (χ3v) is 5.06. The van der Waals surface area contributed by atoms with Gasteiger partial charge in [-0.25, -0.2) is 4.98 Å². The smallest absolute Gasteiger partial charge is 0.225 e. The van der Waals surface area contributed by atoms with Gasteiger partial charge in [0, 0.05) is 12.0 Å². The molecule has 0 atom stereocenters. The molecule has 0 aliphatic rings. The van der Waals surface area contributed by atoms with Gasteiger partial charge in [0.1, 0.15) is 11.6 Å². The summed E-state index contributed by atoms with van der Waals surface area (Å²) in [6.07, 6.45) is 1.93. The summed E-state index contributed by atoms with van der Waals surface area (Å²) in [6, 6.07) is 14.4. The van der Waals surface area contributed by atoms with Crippen LogP contribution < -0.4 is 10.1 Å². The maximum Gasteiger partial charge on any atom is 0.225 e. The minimum Gasteiger partial charge on any atom is -0.494 e. The average Bonchev–Trinajstić information content (AvgIpc) is 3.02. The number of fused-ring (bicyclic) bond motifs is 1. The molecule has 0 bridgehead atoms. The summed E-state index contributed by atoms with van der Waals surface area (Å²) < 4.78 is 8.16. The Morgan fingerprint density at radius 1 is 1.07 bits per heavy atom. The second-order valence-electron chi connectivity index (χ2n) is 8.98. The number of ether oxygens (including phenoxy) is 1. The number of carbonyl (C=O) groups is 1. The van der Waals surface area contributed by atoms with Crippen LogP contribution in [-0.4, -0.2) is 22.1 Å². The number of carbonyl (C=O) groups excluding carboxylic acids is 1. The highest BCUT2D eigenvalue weighted by Crippen LogP contribution is 2.19. The number of rotatable bonds is 8. The van der Waals surface area contributed by atoms with E-state index in [1.165, 1.54) is 11.1 Å². The SMILES string of the molecule is Cc1cc(C)cc(OCCCCn2c(CNC(=O)C(C)(C)C)nc3ccccc32)c1. The van der Waals surface area contributed by atoms with Crippen molar-refractivity contribution in [2.45, 2.75) is 60.5 Å².